The SMILES string of the molecule is NC(=O)c1ncc2c(ccn2Cc2ccc(B(O)O)cc2)n1. The van der Waals surface area contributed by atoms with Crippen LogP contribution >= 0.6 is 0 Å². The van der Waals surface area contributed by atoms with Crippen molar-refractivity contribution in [3.8, 4) is 0 Å². The zero-order valence-corrected chi connectivity index (χ0v) is 11.5. The fraction of sp³-hybridized carbons (Fsp3) is 0.0714. The summed E-state index contributed by atoms with van der Waals surface area (Å²) in [5.41, 5.74) is 8.02. The summed E-state index contributed by atoms with van der Waals surface area (Å²) < 4.78 is 1.94. The van der Waals surface area contributed by atoms with E-state index >= 15 is 0 Å². The predicted molar refractivity (Wildman–Crippen MR) is 81.4 cm³/mol. The normalized spacial score (nSPS) is 10.8. The molecular weight excluding hydrogens is 283 g/mol. The minimum atomic E-state index is -1.47. The van der Waals surface area contributed by atoms with Crippen molar-refractivity contribution in [3.05, 3.63) is 54.1 Å². The van der Waals surface area contributed by atoms with E-state index in [4.69, 9.17) is 15.8 Å². The molecule has 2 aromatic heterocycles. The molecule has 7 nitrogen and oxygen atoms in total. The highest BCUT2D eigenvalue weighted by molar-refractivity contribution is 6.58. The molecule has 0 unspecified atom stereocenters. The molecule has 3 rings (SSSR count). The van der Waals surface area contributed by atoms with E-state index in [1.165, 1.54) is 0 Å². The summed E-state index contributed by atoms with van der Waals surface area (Å²) in [6.07, 6.45) is 3.41. The molecule has 0 bridgehead atoms. The van der Waals surface area contributed by atoms with Gasteiger partial charge in [0.15, 0.2) is 0 Å². The van der Waals surface area contributed by atoms with Gasteiger partial charge in [0, 0.05) is 12.7 Å². The zero-order valence-electron chi connectivity index (χ0n) is 11.5. The second-order valence-electron chi connectivity index (χ2n) is 4.89. The van der Waals surface area contributed by atoms with Crippen molar-refractivity contribution in [2.24, 2.45) is 5.73 Å². The Morgan fingerprint density at radius 3 is 2.59 bits per heavy atom. The van der Waals surface area contributed by atoms with Gasteiger partial charge in [-0.1, -0.05) is 24.3 Å². The molecule has 0 spiro atoms. The number of benzene rings is 1. The Labute approximate surface area is 126 Å². The van der Waals surface area contributed by atoms with Gasteiger partial charge >= 0.3 is 7.12 Å². The fourth-order valence-corrected chi connectivity index (χ4v) is 2.22. The van der Waals surface area contributed by atoms with E-state index in [-0.39, 0.29) is 5.82 Å². The van der Waals surface area contributed by atoms with Crippen LogP contribution in [0.5, 0.6) is 0 Å². The van der Waals surface area contributed by atoms with Crippen molar-refractivity contribution in [3.63, 3.8) is 0 Å². The van der Waals surface area contributed by atoms with Crippen LogP contribution < -0.4 is 11.2 Å². The van der Waals surface area contributed by atoms with E-state index in [2.05, 4.69) is 9.97 Å². The van der Waals surface area contributed by atoms with Crippen LogP contribution in [0.25, 0.3) is 11.0 Å². The van der Waals surface area contributed by atoms with Gasteiger partial charge in [0.25, 0.3) is 5.91 Å². The summed E-state index contributed by atoms with van der Waals surface area (Å²) >= 11 is 0. The van der Waals surface area contributed by atoms with Crippen LogP contribution in [0, 0.1) is 0 Å². The standard InChI is InChI=1S/C14H13BN4O3/c16-13(20)14-17-7-12-11(18-14)5-6-19(12)8-9-1-3-10(4-2-9)15(21)22/h1-7,21-22H,8H2,(H2,16,20). The molecule has 0 aliphatic carbocycles. The maximum atomic E-state index is 11.1. The molecule has 0 saturated carbocycles. The van der Waals surface area contributed by atoms with E-state index in [0.29, 0.717) is 17.5 Å². The Bertz CT molecular complexity index is 830. The number of fused-ring (bicyclic) bond motifs is 1. The number of nitrogens with zero attached hydrogens (tertiary/aromatic N) is 3. The number of primary amides is 1. The number of hydrogen-bond donors (Lipinski definition) is 3. The summed E-state index contributed by atoms with van der Waals surface area (Å²) in [4.78, 5) is 19.1. The molecule has 0 aliphatic heterocycles. The summed E-state index contributed by atoms with van der Waals surface area (Å²) in [6, 6.07) is 8.74. The van der Waals surface area contributed by atoms with E-state index in [1.54, 1.807) is 24.4 Å². The molecule has 0 saturated heterocycles. The van der Waals surface area contributed by atoms with E-state index in [1.807, 2.05) is 22.9 Å². The van der Waals surface area contributed by atoms with Crippen molar-refractivity contribution < 1.29 is 14.8 Å². The Morgan fingerprint density at radius 1 is 1.23 bits per heavy atom. The molecular formula is C14H13BN4O3. The number of rotatable bonds is 4. The van der Waals surface area contributed by atoms with Gasteiger partial charge in [0.1, 0.15) is 0 Å². The van der Waals surface area contributed by atoms with Crippen LogP contribution in [0.4, 0.5) is 0 Å². The number of carbonyl (C=O) groups is 1. The van der Waals surface area contributed by atoms with Crippen molar-refractivity contribution in [1.82, 2.24) is 14.5 Å². The molecule has 0 atom stereocenters. The van der Waals surface area contributed by atoms with Gasteiger partial charge < -0.3 is 20.3 Å². The van der Waals surface area contributed by atoms with E-state index in [9.17, 15) is 4.79 Å². The maximum absolute atomic E-state index is 11.1. The zero-order chi connectivity index (χ0) is 15.7. The van der Waals surface area contributed by atoms with E-state index in [0.717, 1.165) is 11.1 Å². The lowest BCUT2D eigenvalue weighted by atomic mass is 9.80. The highest BCUT2D eigenvalue weighted by atomic mass is 16.4. The molecule has 2 heterocycles. The molecule has 0 aliphatic rings. The van der Waals surface area contributed by atoms with Crippen molar-refractivity contribution >= 4 is 29.5 Å². The second kappa shape index (κ2) is 5.59. The predicted octanol–water partition coefficient (Wildman–Crippen LogP) is -0.742. The third-order valence-electron chi connectivity index (χ3n) is 3.37. The van der Waals surface area contributed by atoms with Crippen LogP contribution in [0.3, 0.4) is 0 Å². The average molecular weight is 296 g/mol. The Hall–Kier alpha value is -2.71. The van der Waals surface area contributed by atoms with Crippen molar-refractivity contribution in [1.29, 1.82) is 0 Å². The number of nitrogens with two attached hydrogens (primary N) is 1. The first-order chi connectivity index (χ1) is 10.5. The summed E-state index contributed by atoms with van der Waals surface area (Å²) in [7, 11) is -1.47. The summed E-state index contributed by atoms with van der Waals surface area (Å²) in [5, 5.41) is 18.2. The third-order valence-corrected chi connectivity index (χ3v) is 3.37. The lowest BCUT2D eigenvalue weighted by Gasteiger charge is -2.07. The van der Waals surface area contributed by atoms with E-state index < -0.39 is 13.0 Å². The summed E-state index contributed by atoms with van der Waals surface area (Å²) in [5.74, 6) is -0.667. The number of aromatic nitrogens is 3. The van der Waals surface area contributed by atoms with Crippen molar-refractivity contribution in [2.75, 3.05) is 0 Å². The van der Waals surface area contributed by atoms with Crippen LogP contribution in [0.2, 0.25) is 0 Å². The largest absolute Gasteiger partial charge is 0.488 e. The minimum absolute atomic E-state index is 0.00784. The number of hydrogen-bond acceptors (Lipinski definition) is 5. The first-order valence-corrected chi connectivity index (χ1v) is 6.61. The molecule has 0 radical (unpaired) electrons. The fourth-order valence-electron chi connectivity index (χ4n) is 2.22. The summed E-state index contributed by atoms with van der Waals surface area (Å²) in [6.45, 7) is 0.574. The molecule has 0 fully saturated rings. The van der Waals surface area contributed by atoms with Gasteiger partial charge in [-0.25, -0.2) is 9.97 Å². The van der Waals surface area contributed by atoms with Gasteiger partial charge in [-0.15, -0.1) is 0 Å². The Balaban J connectivity index is 1.89. The number of carbonyl (C=O) groups excluding carboxylic acids is 1. The molecule has 1 aromatic carbocycles. The third kappa shape index (κ3) is 2.69. The first kappa shape index (κ1) is 14.2. The molecule has 22 heavy (non-hydrogen) atoms. The molecule has 3 aromatic rings. The molecule has 4 N–H and O–H groups in total. The van der Waals surface area contributed by atoms with Gasteiger partial charge in [0.2, 0.25) is 5.82 Å². The van der Waals surface area contributed by atoms with Crippen LogP contribution in [0.15, 0.2) is 42.7 Å². The lowest BCUT2D eigenvalue weighted by molar-refractivity contribution is 0.0991. The average Bonchev–Trinajstić information content (AvgIpc) is 2.90. The van der Waals surface area contributed by atoms with Crippen LogP contribution in [-0.4, -0.2) is 37.6 Å². The highest BCUT2D eigenvalue weighted by Crippen LogP contribution is 2.14. The van der Waals surface area contributed by atoms with Gasteiger partial charge in [-0.05, 0) is 17.1 Å². The molecule has 110 valence electrons. The Kier molecular flexibility index (Phi) is 3.62. The molecule has 8 heteroatoms. The smallest absolute Gasteiger partial charge is 0.423 e. The second-order valence-corrected chi connectivity index (χ2v) is 4.89. The van der Waals surface area contributed by atoms with Gasteiger partial charge in [0.05, 0.1) is 17.2 Å². The quantitative estimate of drug-likeness (QED) is 0.549. The molecule has 1 amide bonds. The van der Waals surface area contributed by atoms with Gasteiger partial charge in [-0.3, -0.25) is 4.79 Å². The van der Waals surface area contributed by atoms with Crippen LogP contribution in [0.1, 0.15) is 16.2 Å². The van der Waals surface area contributed by atoms with Crippen molar-refractivity contribution in [2.45, 2.75) is 6.54 Å². The monoisotopic (exact) mass is 296 g/mol. The van der Waals surface area contributed by atoms with Gasteiger partial charge in [-0.2, -0.15) is 0 Å². The minimum Gasteiger partial charge on any atom is -0.423 e. The Morgan fingerprint density at radius 2 is 1.95 bits per heavy atom. The van der Waals surface area contributed by atoms with Crippen LogP contribution in [-0.2, 0) is 6.54 Å². The maximum Gasteiger partial charge on any atom is 0.488 e. The number of amides is 1. The lowest BCUT2D eigenvalue weighted by Crippen LogP contribution is -2.29. The highest BCUT2D eigenvalue weighted by Gasteiger charge is 2.11. The first-order valence-electron chi connectivity index (χ1n) is 6.61. The topological polar surface area (TPSA) is 114 Å².